The Kier molecular flexibility index (Phi) is 4.85. The molecule has 140 valence electrons. The van der Waals surface area contributed by atoms with Gasteiger partial charge in [-0.05, 0) is 75.1 Å². The van der Waals surface area contributed by atoms with Crippen molar-refractivity contribution < 1.29 is 18.2 Å². The smallest absolute Gasteiger partial charge is 0.508 e. The number of rotatable bonds is 3. The average molecular weight is 369 g/mol. The van der Waals surface area contributed by atoms with Gasteiger partial charge in [0.25, 0.3) is 0 Å². The van der Waals surface area contributed by atoms with Crippen molar-refractivity contribution in [2.45, 2.75) is 41.5 Å². The maximum absolute atomic E-state index is 14.0. The number of phenolic OH excluding ortho intramolecular Hbond substituents is 1. The summed E-state index contributed by atoms with van der Waals surface area (Å²) in [4.78, 5) is 3.36. The number of aryl methyl sites for hydroxylation is 4. The van der Waals surface area contributed by atoms with Gasteiger partial charge >= 0.3 is 7.40 Å². The Labute approximate surface area is 159 Å². The molecule has 1 aromatic carbocycles. The molecule has 0 spiro atoms. The quantitative estimate of drug-likeness (QED) is 0.729. The lowest BCUT2D eigenvalue weighted by Crippen LogP contribution is -2.25. The minimum atomic E-state index is -2.64. The minimum absolute atomic E-state index is 0.171. The highest BCUT2D eigenvalue weighted by Crippen LogP contribution is 2.39. The van der Waals surface area contributed by atoms with Crippen LogP contribution in [0.5, 0.6) is 5.75 Å². The fourth-order valence-corrected chi connectivity index (χ4v) is 4.07. The molecule has 0 unspecified atom stereocenters. The molecule has 2 N–H and O–H groups in total. The third kappa shape index (κ3) is 3.24. The first-order chi connectivity index (χ1) is 12.6. The number of nitrogens with zero attached hydrogens (tertiary/aromatic N) is 1. The number of benzene rings is 1. The van der Waals surface area contributed by atoms with E-state index < -0.39 is 7.40 Å². The molecule has 0 saturated heterocycles. The predicted octanol–water partition coefficient (Wildman–Crippen LogP) is 5.07. The van der Waals surface area contributed by atoms with Crippen LogP contribution in [0.4, 0.5) is 8.63 Å². The average Bonchev–Trinajstić information content (AvgIpc) is 3.01. The van der Waals surface area contributed by atoms with Gasteiger partial charge in [-0.2, -0.15) is 0 Å². The summed E-state index contributed by atoms with van der Waals surface area (Å²) < 4.78 is 29.0. The second-order valence-electron chi connectivity index (χ2n) is 7.30. The van der Waals surface area contributed by atoms with Crippen LogP contribution in [0, 0.1) is 27.7 Å². The highest BCUT2D eigenvalue weighted by molar-refractivity contribution is 6.35. The number of hydrogen-bond donors (Lipinski definition) is 2. The monoisotopic (exact) mass is 369 g/mol. The van der Waals surface area contributed by atoms with Crippen molar-refractivity contribution >= 4 is 18.7 Å². The van der Waals surface area contributed by atoms with Gasteiger partial charge in [0.15, 0.2) is 11.4 Å². The Morgan fingerprint density at radius 3 is 2.04 bits per heavy atom. The largest absolute Gasteiger partial charge is 0.934 e. The predicted molar refractivity (Wildman–Crippen MR) is 107 cm³/mol. The van der Waals surface area contributed by atoms with Crippen LogP contribution in [-0.2, 0) is 0 Å². The number of nitrogens with one attached hydrogen (secondary N) is 1. The standard InChI is InChI=1S/C21H23BF2N2O/c1-11-9-17(27)10-12(2)18(11)19(20-13(3)7-15(5)25-20)21-14(4)8-16(6)26(21)22(23)24/h7-10H,1-6H3,(H,25,27)/p+1. The molecule has 0 fully saturated rings. The zero-order valence-electron chi connectivity index (χ0n) is 16.5. The molecule has 0 atom stereocenters. The Bertz CT molecular complexity index is 1010. The Morgan fingerprint density at radius 1 is 0.963 bits per heavy atom. The summed E-state index contributed by atoms with van der Waals surface area (Å²) in [5, 5.41) is 9.96. The summed E-state index contributed by atoms with van der Waals surface area (Å²) in [6, 6.07) is 5.36. The van der Waals surface area contributed by atoms with E-state index in [1.165, 1.54) is 0 Å². The maximum atomic E-state index is 14.0. The number of phenols is 1. The first-order valence-corrected chi connectivity index (χ1v) is 8.92. The zero-order valence-corrected chi connectivity index (χ0v) is 16.5. The fraction of sp³-hybridized carbons (Fsp3) is 0.286. The van der Waals surface area contributed by atoms with Crippen molar-refractivity contribution in [2.24, 2.45) is 0 Å². The van der Waals surface area contributed by atoms with Crippen LogP contribution in [0.25, 0.3) is 5.57 Å². The van der Waals surface area contributed by atoms with Gasteiger partial charge < -0.3 is 10.1 Å². The van der Waals surface area contributed by atoms with E-state index in [1.807, 2.05) is 40.7 Å². The molecule has 1 aliphatic rings. The third-order valence-electron chi connectivity index (χ3n) is 5.02. The van der Waals surface area contributed by atoms with Crippen molar-refractivity contribution in [1.82, 2.24) is 4.98 Å². The van der Waals surface area contributed by atoms with Gasteiger partial charge in [-0.3, -0.25) is 0 Å². The molecule has 0 amide bonds. The van der Waals surface area contributed by atoms with E-state index in [0.29, 0.717) is 11.4 Å². The lowest BCUT2D eigenvalue weighted by molar-refractivity contribution is -0.343. The van der Waals surface area contributed by atoms with Gasteiger partial charge in [0.05, 0.1) is 11.3 Å². The molecule has 3 rings (SSSR count). The van der Waals surface area contributed by atoms with Crippen molar-refractivity contribution in [1.29, 1.82) is 0 Å². The molecule has 6 heteroatoms. The molecule has 1 aromatic heterocycles. The molecule has 0 bridgehead atoms. The number of hydrogen-bond acceptors (Lipinski definition) is 1. The number of aromatic nitrogens is 1. The number of aromatic amines is 1. The van der Waals surface area contributed by atoms with Crippen molar-refractivity contribution in [3.8, 4) is 5.75 Å². The van der Waals surface area contributed by atoms with Crippen LogP contribution in [0.3, 0.4) is 0 Å². The number of aromatic hydroxyl groups is 1. The summed E-state index contributed by atoms with van der Waals surface area (Å²) in [5.74, 6) is 0.171. The topological polar surface area (TPSA) is 39.0 Å². The number of halogens is 2. The first kappa shape index (κ1) is 19.1. The summed E-state index contributed by atoms with van der Waals surface area (Å²) in [6.45, 7) is 11.3. The van der Waals surface area contributed by atoms with E-state index in [-0.39, 0.29) is 5.75 Å². The number of allylic oxidation sites excluding steroid dienone is 2. The van der Waals surface area contributed by atoms with E-state index in [0.717, 1.165) is 49.3 Å². The van der Waals surface area contributed by atoms with E-state index in [9.17, 15) is 13.7 Å². The normalized spacial score (nSPS) is 16.1. The van der Waals surface area contributed by atoms with Crippen LogP contribution in [-0.4, -0.2) is 27.7 Å². The molecule has 0 aliphatic carbocycles. The Morgan fingerprint density at radius 2 is 1.56 bits per heavy atom. The third-order valence-corrected chi connectivity index (χ3v) is 5.02. The van der Waals surface area contributed by atoms with Crippen LogP contribution in [0.2, 0.25) is 0 Å². The molecule has 2 aromatic rings. The van der Waals surface area contributed by atoms with Gasteiger partial charge in [0, 0.05) is 24.3 Å². The van der Waals surface area contributed by atoms with Crippen molar-refractivity contribution in [3.05, 3.63) is 69.2 Å². The number of H-pyrrole nitrogens is 1. The maximum Gasteiger partial charge on any atom is 0.934 e. The highest BCUT2D eigenvalue weighted by atomic mass is 19.2. The van der Waals surface area contributed by atoms with Crippen LogP contribution < -0.4 is 0 Å². The second-order valence-corrected chi connectivity index (χ2v) is 7.30. The van der Waals surface area contributed by atoms with Crippen molar-refractivity contribution in [2.75, 3.05) is 0 Å². The highest BCUT2D eigenvalue weighted by Gasteiger charge is 2.45. The van der Waals surface area contributed by atoms with Crippen molar-refractivity contribution in [3.63, 3.8) is 0 Å². The van der Waals surface area contributed by atoms with E-state index in [2.05, 4.69) is 4.98 Å². The SMILES string of the molecule is CC1=CC(C)=[N+](B(F)F)/C1=C(\c1[nH]c(C)cc1C)c1c(C)cc(O)cc1C. The molecule has 1 aliphatic heterocycles. The first-order valence-electron chi connectivity index (χ1n) is 8.92. The fourth-order valence-electron chi connectivity index (χ4n) is 4.07. The second kappa shape index (κ2) is 6.84. The van der Waals surface area contributed by atoms with Crippen LogP contribution in [0.15, 0.2) is 35.5 Å². The molecule has 2 heterocycles. The van der Waals surface area contributed by atoms with Gasteiger partial charge in [-0.15, -0.1) is 0 Å². The van der Waals surface area contributed by atoms with Gasteiger partial charge in [-0.1, -0.05) is 0 Å². The zero-order chi connectivity index (χ0) is 20.0. The van der Waals surface area contributed by atoms with E-state index in [1.54, 1.807) is 25.1 Å². The molecular weight excluding hydrogens is 345 g/mol. The summed E-state index contributed by atoms with van der Waals surface area (Å²) in [5.41, 5.74) is 7.89. The van der Waals surface area contributed by atoms with Gasteiger partial charge in [0.2, 0.25) is 0 Å². The summed E-state index contributed by atoms with van der Waals surface area (Å²) >= 11 is 0. The molecule has 0 saturated carbocycles. The lowest BCUT2D eigenvalue weighted by atomic mass is 9.88. The summed E-state index contributed by atoms with van der Waals surface area (Å²) in [7, 11) is -2.64. The van der Waals surface area contributed by atoms with Gasteiger partial charge in [0.1, 0.15) is 5.75 Å². The molecular formula is C21H24BF2N2O+. The molecule has 27 heavy (non-hydrogen) atoms. The minimum Gasteiger partial charge on any atom is -0.508 e. The van der Waals surface area contributed by atoms with Gasteiger partial charge in [-0.25, -0.2) is 13.1 Å². The Hall–Kier alpha value is -2.63. The van der Waals surface area contributed by atoms with E-state index in [4.69, 9.17) is 0 Å². The lowest BCUT2D eigenvalue weighted by Gasteiger charge is -2.17. The van der Waals surface area contributed by atoms with Crippen LogP contribution >= 0.6 is 0 Å². The Balaban J connectivity index is 2.48. The molecule has 0 radical (unpaired) electrons. The summed E-state index contributed by atoms with van der Waals surface area (Å²) in [6.07, 6.45) is 1.79. The van der Waals surface area contributed by atoms with E-state index >= 15 is 0 Å². The van der Waals surface area contributed by atoms with Crippen LogP contribution in [0.1, 0.15) is 47.5 Å². The molecule has 3 nitrogen and oxygen atoms in total.